The Bertz CT molecular complexity index is 603. The van der Waals surface area contributed by atoms with Gasteiger partial charge in [0.15, 0.2) is 0 Å². The van der Waals surface area contributed by atoms with Crippen LogP contribution in [0.5, 0.6) is 0 Å². The monoisotopic (exact) mass is 391 g/mol. The highest BCUT2D eigenvalue weighted by molar-refractivity contribution is 9.10. The van der Waals surface area contributed by atoms with Gasteiger partial charge in [-0.15, -0.1) is 0 Å². The van der Waals surface area contributed by atoms with E-state index in [9.17, 15) is 4.79 Å². The average Bonchev–Trinajstić information content (AvgIpc) is 2.63. The van der Waals surface area contributed by atoms with Gasteiger partial charge in [0, 0.05) is 11.0 Å². The molecule has 3 heterocycles. The second-order valence-corrected chi connectivity index (χ2v) is 8.65. The van der Waals surface area contributed by atoms with Gasteiger partial charge >= 0.3 is 5.97 Å². The number of benzene rings is 1. The van der Waals surface area contributed by atoms with Crippen LogP contribution in [0.1, 0.15) is 50.5 Å². The van der Waals surface area contributed by atoms with Crippen molar-refractivity contribution in [3.8, 4) is 0 Å². The Morgan fingerprint density at radius 2 is 1.92 bits per heavy atom. The maximum atomic E-state index is 13.3. The van der Waals surface area contributed by atoms with Crippen molar-refractivity contribution in [2.24, 2.45) is 5.92 Å². The van der Waals surface area contributed by atoms with Gasteiger partial charge in [-0.1, -0.05) is 47.3 Å². The van der Waals surface area contributed by atoms with E-state index < -0.39 is 5.41 Å². The molecule has 24 heavy (non-hydrogen) atoms. The Labute approximate surface area is 152 Å². The zero-order valence-electron chi connectivity index (χ0n) is 14.2. The third kappa shape index (κ3) is 3.03. The molecule has 0 amide bonds. The van der Waals surface area contributed by atoms with Crippen LogP contribution >= 0.6 is 15.9 Å². The normalized spacial score (nSPS) is 31.6. The number of carbonyl (C=O) groups excluding carboxylic acids is 1. The van der Waals surface area contributed by atoms with Crippen LogP contribution in [0.2, 0.25) is 0 Å². The maximum absolute atomic E-state index is 13.3. The molecule has 130 valence electrons. The Kier molecular flexibility index (Phi) is 4.70. The van der Waals surface area contributed by atoms with E-state index in [4.69, 9.17) is 4.74 Å². The van der Waals surface area contributed by atoms with Gasteiger partial charge in [-0.2, -0.15) is 0 Å². The highest BCUT2D eigenvalue weighted by atomic mass is 79.9. The van der Waals surface area contributed by atoms with E-state index in [0.29, 0.717) is 5.92 Å². The van der Waals surface area contributed by atoms with Crippen molar-refractivity contribution in [1.29, 1.82) is 0 Å². The van der Waals surface area contributed by atoms with Gasteiger partial charge in [-0.25, -0.2) is 0 Å². The van der Waals surface area contributed by atoms with Gasteiger partial charge in [-0.05, 0) is 62.4 Å². The number of esters is 1. The van der Waals surface area contributed by atoms with Gasteiger partial charge in [0.05, 0.1) is 5.41 Å². The lowest BCUT2D eigenvalue weighted by Crippen LogP contribution is -2.53. The van der Waals surface area contributed by atoms with E-state index in [0.717, 1.165) is 42.3 Å². The summed E-state index contributed by atoms with van der Waals surface area (Å²) in [7, 11) is 0. The minimum Gasteiger partial charge on any atom is -0.460 e. The predicted molar refractivity (Wildman–Crippen MR) is 97.9 cm³/mol. The first kappa shape index (κ1) is 16.6. The Hall–Kier alpha value is -0.870. The summed E-state index contributed by atoms with van der Waals surface area (Å²) < 4.78 is 7.21. The van der Waals surface area contributed by atoms with Gasteiger partial charge in [0.2, 0.25) is 0 Å². The number of fused-ring (bicyclic) bond motifs is 3. The van der Waals surface area contributed by atoms with E-state index in [2.05, 4.69) is 33.0 Å². The zero-order chi connectivity index (χ0) is 16.6. The van der Waals surface area contributed by atoms with Gasteiger partial charge < -0.3 is 4.74 Å². The third-order valence-corrected chi connectivity index (χ3v) is 6.82. The summed E-state index contributed by atoms with van der Waals surface area (Å²) in [5.74, 6) is 0.598. The van der Waals surface area contributed by atoms with Crippen molar-refractivity contribution in [2.75, 3.05) is 19.6 Å². The smallest absolute Gasteiger partial charge is 0.316 e. The molecular formula is C20H26BrNO2. The highest BCUT2D eigenvalue weighted by Gasteiger charge is 2.45. The van der Waals surface area contributed by atoms with Crippen LogP contribution in [0.25, 0.3) is 0 Å². The first-order valence-corrected chi connectivity index (χ1v) is 10.2. The molecule has 5 rings (SSSR count). The number of hydrogen-bond donors (Lipinski definition) is 0. The molecule has 0 N–H and O–H groups in total. The minimum absolute atomic E-state index is 0.0269. The molecule has 0 aromatic heterocycles. The number of piperidine rings is 3. The molecule has 1 aliphatic carbocycles. The molecule has 1 aromatic carbocycles. The van der Waals surface area contributed by atoms with Crippen molar-refractivity contribution < 1.29 is 9.53 Å². The molecule has 1 aromatic rings. The van der Waals surface area contributed by atoms with Crippen LogP contribution in [0.3, 0.4) is 0 Å². The molecule has 0 spiro atoms. The van der Waals surface area contributed by atoms with E-state index >= 15 is 0 Å². The summed E-state index contributed by atoms with van der Waals surface area (Å²) in [5.41, 5.74) is 0.691. The molecule has 3 aliphatic heterocycles. The number of hydrogen-bond acceptors (Lipinski definition) is 3. The second-order valence-electron chi connectivity index (χ2n) is 7.73. The molecule has 3 saturated heterocycles. The summed E-state index contributed by atoms with van der Waals surface area (Å²) in [6, 6.07) is 8.28. The molecule has 0 radical (unpaired) electrons. The Morgan fingerprint density at radius 3 is 2.54 bits per heavy atom. The first-order valence-electron chi connectivity index (χ1n) is 9.37. The molecule has 2 bridgehead atoms. The number of nitrogens with zero attached hydrogens (tertiary/aromatic N) is 1. The van der Waals surface area contributed by atoms with Crippen LogP contribution in [0, 0.1) is 5.92 Å². The van der Waals surface area contributed by atoms with E-state index in [1.54, 1.807) is 0 Å². The molecule has 1 saturated carbocycles. The highest BCUT2D eigenvalue weighted by Crippen LogP contribution is 2.42. The standard InChI is InChI=1S/C20H26BrNO2/c21-17-6-4-5-16(13-17)20(9-2-1-3-10-20)19(23)24-18-14-22-11-7-15(18)8-12-22/h4-6,13,15,18H,1-3,7-12,14H2/t18-/m0/s1. The average molecular weight is 392 g/mol. The summed E-state index contributed by atoms with van der Waals surface area (Å²) in [4.78, 5) is 15.8. The zero-order valence-corrected chi connectivity index (χ0v) is 15.8. The number of halogens is 1. The number of carbonyl (C=O) groups is 1. The third-order valence-electron chi connectivity index (χ3n) is 6.33. The number of ether oxygens (including phenoxy) is 1. The van der Waals surface area contributed by atoms with E-state index in [1.807, 2.05) is 12.1 Å². The first-order chi connectivity index (χ1) is 11.7. The van der Waals surface area contributed by atoms with Crippen molar-refractivity contribution in [3.63, 3.8) is 0 Å². The fraction of sp³-hybridized carbons (Fsp3) is 0.650. The van der Waals surface area contributed by atoms with Crippen LogP contribution < -0.4 is 0 Å². The second kappa shape index (κ2) is 6.80. The van der Waals surface area contributed by atoms with Crippen LogP contribution in [0.15, 0.2) is 28.7 Å². The summed E-state index contributed by atoms with van der Waals surface area (Å²) in [5, 5.41) is 0. The topological polar surface area (TPSA) is 29.5 Å². The molecular weight excluding hydrogens is 366 g/mol. The van der Waals surface area contributed by atoms with E-state index in [-0.39, 0.29) is 12.1 Å². The lowest BCUT2D eigenvalue weighted by Gasteiger charge is -2.45. The molecule has 3 nitrogen and oxygen atoms in total. The lowest BCUT2D eigenvalue weighted by atomic mass is 9.69. The molecule has 0 unspecified atom stereocenters. The summed E-state index contributed by atoms with van der Waals surface area (Å²) in [6.45, 7) is 3.29. The fourth-order valence-corrected chi connectivity index (χ4v) is 5.25. The quantitative estimate of drug-likeness (QED) is 0.719. The van der Waals surface area contributed by atoms with Crippen LogP contribution in [-0.4, -0.2) is 36.6 Å². The molecule has 4 aliphatic rings. The fourth-order valence-electron chi connectivity index (χ4n) is 4.85. The predicted octanol–water partition coefficient (Wildman–Crippen LogP) is 4.29. The Balaban J connectivity index is 1.58. The van der Waals surface area contributed by atoms with Crippen molar-refractivity contribution in [1.82, 2.24) is 4.90 Å². The molecule has 4 fully saturated rings. The summed E-state index contributed by atoms with van der Waals surface area (Å²) in [6.07, 6.45) is 7.76. The number of rotatable bonds is 3. The van der Waals surface area contributed by atoms with Crippen molar-refractivity contribution in [2.45, 2.75) is 56.5 Å². The van der Waals surface area contributed by atoms with Crippen molar-refractivity contribution >= 4 is 21.9 Å². The lowest BCUT2D eigenvalue weighted by molar-refractivity contribution is -0.167. The minimum atomic E-state index is -0.436. The molecule has 1 atom stereocenters. The summed E-state index contributed by atoms with van der Waals surface area (Å²) >= 11 is 3.57. The van der Waals surface area contributed by atoms with Crippen molar-refractivity contribution in [3.05, 3.63) is 34.3 Å². The van der Waals surface area contributed by atoms with Gasteiger partial charge in [-0.3, -0.25) is 9.69 Å². The van der Waals surface area contributed by atoms with Crippen LogP contribution in [0.4, 0.5) is 0 Å². The van der Waals surface area contributed by atoms with E-state index in [1.165, 1.54) is 32.4 Å². The molecule has 4 heteroatoms. The maximum Gasteiger partial charge on any atom is 0.316 e. The SMILES string of the molecule is O=C(O[C@H]1CN2CCC1CC2)C1(c2cccc(Br)c2)CCCCC1. The van der Waals surface area contributed by atoms with Crippen LogP contribution in [-0.2, 0) is 14.9 Å². The van der Waals surface area contributed by atoms with Gasteiger partial charge in [0.25, 0.3) is 0 Å². The van der Waals surface area contributed by atoms with Gasteiger partial charge in [0.1, 0.15) is 6.10 Å². The largest absolute Gasteiger partial charge is 0.460 e. The Morgan fingerprint density at radius 1 is 1.17 bits per heavy atom.